The molecule has 4 rings (SSSR count). The average molecular weight is 406 g/mol. The van der Waals surface area contributed by atoms with Gasteiger partial charge in [0, 0.05) is 41.2 Å². The molecule has 152 valence electrons. The minimum Gasteiger partial charge on any atom is -0.453 e. The van der Waals surface area contributed by atoms with Gasteiger partial charge in [-0.2, -0.15) is 0 Å². The highest BCUT2D eigenvalue weighted by Crippen LogP contribution is 2.25. The molecule has 0 aliphatic rings. The van der Waals surface area contributed by atoms with E-state index in [0.717, 1.165) is 16.5 Å². The number of nitrogens with one attached hydrogen (secondary N) is 1. The number of nitro benzene ring substituents is 1. The van der Waals surface area contributed by atoms with Gasteiger partial charge in [-0.05, 0) is 37.1 Å². The van der Waals surface area contributed by atoms with Crippen LogP contribution in [0.3, 0.4) is 0 Å². The number of esters is 1. The van der Waals surface area contributed by atoms with E-state index in [9.17, 15) is 14.9 Å². The number of benzene rings is 2. The van der Waals surface area contributed by atoms with Crippen LogP contribution >= 0.6 is 0 Å². The third-order valence-electron chi connectivity index (χ3n) is 4.70. The first-order valence-corrected chi connectivity index (χ1v) is 9.34. The van der Waals surface area contributed by atoms with Crippen LogP contribution in [0.15, 0.2) is 59.1 Å². The number of hydrogen-bond donors (Lipinski definition) is 1. The summed E-state index contributed by atoms with van der Waals surface area (Å²) in [7, 11) is 0. The molecule has 9 nitrogen and oxygen atoms in total. The number of para-hydroxylation sites is 1. The molecule has 30 heavy (non-hydrogen) atoms. The van der Waals surface area contributed by atoms with E-state index in [2.05, 4.69) is 15.2 Å². The van der Waals surface area contributed by atoms with E-state index in [1.807, 2.05) is 30.5 Å². The van der Waals surface area contributed by atoms with Crippen molar-refractivity contribution < 1.29 is 18.9 Å². The smallest absolute Gasteiger partial charge is 0.306 e. The van der Waals surface area contributed by atoms with E-state index in [4.69, 9.17) is 9.15 Å². The summed E-state index contributed by atoms with van der Waals surface area (Å²) in [5.41, 5.74) is 2.58. The number of carbonyl (C=O) groups is 1. The average Bonchev–Trinajstić information content (AvgIpc) is 3.40. The number of rotatable bonds is 7. The second-order valence-corrected chi connectivity index (χ2v) is 6.74. The number of H-pyrrole nitrogens is 1. The van der Waals surface area contributed by atoms with Crippen LogP contribution in [0.5, 0.6) is 0 Å². The highest BCUT2D eigenvalue weighted by atomic mass is 16.6. The summed E-state index contributed by atoms with van der Waals surface area (Å²) in [5.74, 6) is -0.0201. The molecular weight excluding hydrogens is 388 g/mol. The van der Waals surface area contributed by atoms with Gasteiger partial charge in [-0.1, -0.05) is 18.2 Å². The fourth-order valence-corrected chi connectivity index (χ4v) is 3.12. The van der Waals surface area contributed by atoms with Gasteiger partial charge < -0.3 is 14.1 Å². The molecule has 2 heterocycles. The van der Waals surface area contributed by atoms with Gasteiger partial charge in [-0.25, -0.2) is 0 Å². The molecule has 0 aliphatic heterocycles. The van der Waals surface area contributed by atoms with Gasteiger partial charge in [-0.3, -0.25) is 14.9 Å². The van der Waals surface area contributed by atoms with Gasteiger partial charge in [0.05, 0.1) is 4.92 Å². The summed E-state index contributed by atoms with van der Waals surface area (Å²) >= 11 is 0. The molecule has 2 aromatic carbocycles. The van der Waals surface area contributed by atoms with Crippen molar-refractivity contribution >= 4 is 22.6 Å². The predicted molar refractivity (Wildman–Crippen MR) is 108 cm³/mol. The maximum atomic E-state index is 12.3. The zero-order chi connectivity index (χ0) is 21.1. The van der Waals surface area contributed by atoms with E-state index in [0.29, 0.717) is 12.0 Å². The number of non-ortho nitro benzene ring substituents is 1. The fraction of sp³-hybridized carbons (Fsp3) is 0.190. The molecule has 0 radical (unpaired) electrons. The van der Waals surface area contributed by atoms with Crippen molar-refractivity contribution in [2.75, 3.05) is 0 Å². The van der Waals surface area contributed by atoms with Crippen molar-refractivity contribution in [1.29, 1.82) is 0 Å². The van der Waals surface area contributed by atoms with Crippen LogP contribution in [0.1, 0.15) is 30.9 Å². The lowest BCUT2D eigenvalue weighted by molar-refractivity contribution is -0.384. The Labute approximate surface area is 170 Å². The lowest BCUT2D eigenvalue weighted by Crippen LogP contribution is -2.10. The fourth-order valence-electron chi connectivity index (χ4n) is 3.12. The molecule has 0 saturated carbocycles. The molecule has 0 saturated heterocycles. The zero-order valence-corrected chi connectivity index (χ0v) is 16.1. The first-order chi connectivity index (χ1) is 14.5. The standard InChI is InChI=1S/C21H18N4O5/c1-13(20-23-24-21(30-20)14-6-9-16(10-7-14)25(27)28)29-19(26)11-8-15-12-22-18-5-3-2-4-17(15)18/h2-7,9-10,12-13,22H,8,11H2,1H3/t13-/m0/s1. The Balaban J connectivity index is 1.36. The minimum absolute atomic E-state index is 0.0315. The van der Waals surface area contributed by atoms with E-state index < -0.39 is 11.0 Å². The van der Waals surface area contributed by atoms with Crippen molar-refractivity contribution in [3.05, 3.63) is 76.3 Å². The van der Waals surface area contributed by atoms with Crippen LogP contribution in [0.4, 0.5) is 5.69 Å². The Bertz CT molecular complexity index is 1200. The summed E-state index contributed by atoms with van der Waals surface area (Å²) < 4.78 is 11.0. The molecule has 0 bridgehead atoms. The monoisotopic (exact) mass is 406 g/mol. The normalized spacial score (nSPS) is 12.0. The number of nitro groups is 1. The van der Waals surface area contributed by atoms with Crippen LogP contribution in [0.25, 0.3) is 22.4 Å². The molecule has 4 aromatic rings. The van der Waals surface area contributed by atoms with Crippen molar-refractivity contribution in [2.45, 2.75) is 25.9 Å². The zero-order valence-electron chi connectivity index (χ0n) is 16.1. The number of hydrogen-bond acceptors (Lipinski definition) is 7. The van der Waals surface area contributed by atoms with Crippen LogP contribution in [-0.2, 0) is 16.0 Å². The van der Waals surface area contributed by atoms with Gasteiger partial charge in [0.2, 0.25) is 5.89 Å². The molecule has 0 fully saturated rings. The van der Waals surface area contributed by atoms with E-state index in [1.54, 1.807) is 6.92 Å². The molecule has 2 aromatic heterocycles. The number of ether oxygens (including phenoxy) is 1. The summed E-state index contributed by atoms with van der Waals surface area (Å²) in [6.45, 7) is 1.65. The number of carbonyl (C=O) groups excluding carboxylic acids is 1. The van der Waals surface area contributed by atoms with Gasteiger partial charge >= 0.3 is 5.97 Å². The quantitative estimate of drug-likeness (QED) is 0.275. The third-order valence-corrected chi connectivity index (χ3v) is 4.70. The highest BCUT2D eigenvalue weighted by Gasteiger charge is 2.19. The molecule has 1 N–H and O–H groups in total. The highest BCUT2D eigenvalue weighted by molar-refractivity contribution is 5.83. The summed E-state index contributed by atoms with van der Waals surface area (Å²) in [6, 6.07) is 13.7. The summed E-state index contributed by atoms with van der Waals surface area (Å²) in [6.07, 6.45) is 1.96. The Morgan fingerprint density at radius 2 is 1.97 bits per heavy atom. The largest absolute Gasteiger partial charge is 0.453 e. The van der Waals surface area contributed by atoms with E-state index >= 15 is 0 Å². The number of fused-ring (bicyclic) bond motifs is 1. The van der Waals surface area contributed by atoms with Gasteiger partial charge in [0.25, 0.3) is 11.6 Å². The third kappa shape index (κ3) is 4.04. The summed E-state index contributed by atoms with van der Waals surface area (Å²) in [4.78, 5) is 25.7. The van der Waals surface area contributed by atoms with Crippen molar-refractivity contribution in [3.8, 4) is 11.5 Å². The molecule has 0 amide bonds. The Morgan fingerprint density at radius 3 is 2.73 bits per heavy atom. The molecule has 0 spiro atoms. The SMILES string of the molecule is C[C@H](OC(=O)CCc1c[nH]c2ccccc12)c1nnc(-c2ccc([N+](=O)[O-])cc2)o1. The van der Waals surface area contributed by atoms with Crippen molar-refractivity contribution in [3.63, 3.8) is 0 Å². The maximum absolute atomic E-state index is 12.3. The number of aromatic amines is 1. The van der Waals surface area contributed by atoms with E-state index in [-0.39, 0.29) is 29.9 Å². The van der Waals surface area contributed by atoms with Crippen molar-refractivity contribution in [1.82, 2.24) is 15.2 Å². The van der Waals surface area contributed by atoms with Gasteiger partial charge in [0.15, 0.2) is 6.10 Å². The molecule has 0 unspecified atom stereocenters. The van der Waals surface area contributed by atoms with Crippen LogP contribution in [0, 0.1) is 10.1 Å². The summed E-state index contributed by atoms with van der Waals surface area (Å²) in [5, 5.41) is 19.7. The molecule has 0 aliphatic carbocycles. The van der Waals surface area contributed by atoms with Crippen LogP contribution in [0.2, 0.25) is 0 Å². The van der Waals surface area contributed by atoms with Gasteiger partial charge in [-0.15, -0.1) is 10.2 Å². The van der Waals surface area contributed by atoms with Crippen LogP contribution < -0.4 is 0 Å². The Morgan fingerprint density at radius 1 is 1.20 bits per heavy atom. The molecule has 9 heteroatoms. The molecule has 1 atom stereocenters. The lowest BCUT2D eigenvalue weighted by atomic mass is 10.1. The maximum Gasteiger partial charge on any atom is 0.306 e. The second-order valence-electron chi connectivity index (χ2n) is 6.74. The first-order valence-electron chi connectivity index (χ1n) is 9.34. The topological polar surface area (TPSA) is 124 Å². The number of aryl methyl sites for hydroxylation is 1. The second kappa shape index (κ2) is 8.16. The predicted octanol–water partition coefficient (Wildman–Crippen LogP) is 4.36. The Hall–Kier alpha value is -4.01. The lowest BCUT2D eigenvalue weighted by Gasteiger charge is -2.09. The molecular formula is C21H18N4O5. The number of aromatic nitrogens is 3. The van der Waals surface area contributed by atoms with Gasteiger partial charge in [0.1, 0.15) is 0 Å². The Kier molecular flexibility index (Phi) is 5.25. The van der Waals surface area contributed by atoms with E-state index in [1.165, 1.54) is 24.3 Å². The first kappa shape index (κ1) is 19.3. The van der Waals surface area contributed by atoms with Crippen molar-refractivity contribution in [2.24, 2.45) is 0 Å². The number of nitrogens with zero attached hydrogens (tertiary/aromatic N) is 3. The minimum atomic E-state index is -0.709. The van der Waals surface area contributed by atoms with Crippen LogP contribution in [-0.4, -0.2) is 26.1 Å².